The molecule has 2 heterocycles. The van der Waals surface area contributed by atoms with Gasteiger partial charge in [0.1, 0.15) is 12.9 Å². The van der Waals surface area contributed by atoms with Gasteiger partial charge in [0.25, 0.3) is 0 Å². The minimum atomic E-state index is -0.258. The van der Waals surface area contributed by atoms with Crippen molar-refractivity contribution in [2.75, 3.05) is 20.2 Å². The fourth-order valence-electron chi connectivity index (χ4n) is 3.96. The number of aromatic nitrogens is 3. The number of methoxy groups -OCH3 is 1. The Morgan fingerprint density at radius 1 is 1.24 bits per heavy atom. The van der Waals surface area contributed by atoms with Crippen LogP contribution in [0.1, 0.15) is 43.1 Å². The number of carbonyl (C=O) groups is 1. The fraction of sp³-hybridized carbons (Fsp3) is 0.526. The molecule has 0 radical (unpaired) electrons. The molecule has 0 N–H and O–H groups in total. The molecule has 2 aromatic rings. The molecule has 4 rings (SSSR count). The zero-order valence-electron chi connectivity index (χ0n) is 14.6. The van der Waals surface area contributed by atoms with Gasteiger partial charge < -0.3 is 14.2 Å². The number of rotatable bonds is 5. The molecule has 1 saturated carbocycles. The summed E-state index contributed by atoms with van der Waals surface area (Å²) in [6.45, 7) is 2.06. The Hall–Kier alpha value is -2.21. The maximum atomic E-state index is 13.1. The van der Waals surface area contributed by atoms with Gasteiger partial charge >= 0.3 is 0 Å². The molecule has 0 spiro atoms. The normalized spacial score (nSPS) is 19.8. The third-order valence-electron chi connectivity index (χ3n) is 5.55. The number of carbonyl (C=O) groups excluding carboxylic acids is 1. The lowest BCUT2D eigenvalue weighted by Crippen LogP contribution is -2.44. The summed E-state index contributed by atoms with van der Waals surface area (Å²) >= 11 is 0. The topological polar surface area (TPSA) is 60.3 Å². The second kappa shape index (κ2) is 6.59. The van der Waals surface area contributed by atoms with Gasteiger partial charge in [-0.3, -0.25) is 4.79 Å². The molecule has 25 heavy (non-hydrogen) atoms. The summed E-state index contributed by atoms with van der Waals surface area (Å²) in [6.07, 6.45) is 5.60. The van der Waals surface area contributed by atoms with Gasteiger partial charge in [0.2, 0.25) is 5.91 Å². The quantitative estimate of drug-likeness (QED) is 0.838. The highest BCUT2D eigenvalue weighted by molar-refractivity contribution is 5.91. The Balaban J connectivity index is 1.42. The van der Waals surface area contributed by atoms with E-state index in [0.29, 0.717) is 18.6 Å². The van der Waals surface area contributed by atoms with Gasteiger partial charge in [-0.15, -0.1) is 10.2 Å². The summed E-state index contributed by atoms with van der Waals surface area (Å²) in [4.78, 5) is 15.2. The third-order valence-corrected chi connectivity index (χ3v) is 5.55. The van der Waals surface area contributed by atoms with Gasteiger partial charge in [-0.25, -0.2) is 0 Å². The van der Waals surface area contributed by atoms with Crippen molar-refractivity contribution in [1.29, 1.82) is 0 Å². The highest BCUT2D eigenvalue weighted by Gasteiger charge is 2.53. The monoisotopic (exact) mass is 340 g/mol. The Morgan fingerprint density at radius 3 is 2.60 bits per heavy atom. The van der Waals surface area contributed by atoms with Gasteiger partial charge in [0.15, 0.2) is 5.82 Å². The summed E-state index contributed by atoms with van der Waals surface area (Å²) in [5.41, 5.74) is 0.912. The number of hydrogen-bond donors (Lipinski definition) is 0. The van der Waals surface area contributed by atoms with Crippen LogP contribution in [0.5, 0.6) is 0 Å². The third kappa shape index (κ3) is 2.95. The van der Waals surface area contributed by atoms with Gasteiger partial charge in [-0.2, -0.15) is 0 Å². The van der Waals surface area contributed by atoms with Crippen LogP contribution in [0.25, 0.3) is 0 Å². The Labute approximate surface area is 147 Å². The molecular weight excluding hydrogens is 316 g/mol. The van der Waals surface area contributed by atoms with Crippen molar-refractivity contribution in [1.82, 2.24) is 19.7 Å². The first-order valence-electron chi connectivity index (χ1n) is 8.97. The number of likely N-dealkylation sites (tertiary alicyclic amines) is 1. The predicted molar refractivity (Wildman–Crippen MR) is 92.9 cm³/mol. The van der Waals surface area contributed by atoms with Crippen LogP contribution >= 0.6 is 0 Å². The number of ether oxygens (including phenoxy) is 1. The van der Waals surface area contributed by atoms with Gasteiger partial charge in [-0.05, 0) is 31.2 Å². The molecule has 6 nitrogen and oxygen atoms in total. The predicted octanol–water partition coefficient (Wildman–Crippen LogP) is 2.32. The lowest BCUT2D eigenvalue weighted by atomic mass is 9.93. The first-order chi connectivity index (χ1) is 12.2. The average Bonchev–Trinajstić information content (AvgIpc) is 3.35. The number of nitrogens with zero attached hydrogens (tertiary/aromatic N) is 4. The Morgan fingerprint density at radius 2 is 1.96 bits per heavy atom. The van der Waals surface area contributed by atoms with E-state index in [4.69, 9.17) is 4.74 Å². The van der Waals surface area contributed by atoms with E-state index in [1.165, 1.54) is 5.56 Å². The summed E-state index contributed by atoms with van der Waals surface area (Å²) in [6, 6.07) is 10.6. The lowest BCUT2D eigenvalue weighted by Gasteiger charge is -2.35. The van der Waals surface area contributed by atoms with Crippen LogP contribution in [0.3, 0.4) is 0 Å². The number of piperidine rings is 1. The van der Waals surface area contributed by atoms with Crippen LogP contribution in [0.4, 0.5) is 0 Å². The van der Waals surface area contributed by atoms with Crippen molar-refractivity contribution >= 4 is 5.91 Å². The van der Waals surface area contributed by atoms with E-state index in [1.54, 1.807) is 13.4 Å². The van der Waals surface area contributed by atoms with E-state index in [2.05, 4.69) is 31.8 Å². The van der Waals surface area contributed by atoms with E-state index >= 15 is 0 Å². The summed E-state index contributed by atoms with van der Waals surface area (Å²) in [5, 5.41) is 8.14. The molecule has 132 valence electrons. The van der Waals surface area contributed by atoms with Gasteiger partial charge in [-0.1, -0.05) is 30.3 Å². The number of hydrogen-bond acceptors (Lipinski definition) is 4. The van der Waals surface area contributed by atoms with E-state index in [1.807, 2.05) is 18.2 Å². The second-order valence-corrected chi connectivity index (χ2v) is 7.06. The molecular formula is C19H24N4O2. The zero-order valence-corrected chi connectivity index (χ0v) is 14.6. The minimum Gasteiger partial charge on any atom is -0.377 e. The average molecular weight is 340 g/mol. The standard InChI is InChI=1S/C19H24N4O2/c1-25-13-17-21-20-14-23(17)16-7-11-22(12-8-16)18(24)19(9-10-19)15-5-3-2-4-6-15/h2-6,14,16H,7-13H2,1H3. The molecule has 0 unspecified atom stereocenters. The van der Waals surface area contributed by atoms with Crippen LogP contribution in [-0.4, -0.2) is 45.8 Å². The molecule has 0 atom stereocenters. The van der Waals surface area contributed by atoms with Crippen molar-refractivity contribution in [3.8, 4) is 0 Å². The molecule has 1 aromatic carbocycles. The zero-order chi connectivity index (χ0) is 17.3. The SMILES string of the molecule is COCc1nncn1C1CCN(C(=O)C2(c3ccccc3)CC2)CC1. The molecule has 6 heteroatoms. The van der Waals surface area contributed by atoms with E-state index in [0.717, 1.165) is 44.6 Å². The van der Waals surface area contributed by atoms with Crippen LogP contribution in [0.15, 0.2) is 36.7 Å². The maximum Gasteiger partial charge on any atom is 0.233 e. The van der Waals surface area contributed by atoms with Crippen LogP contribution in [0, 0.1) is 0 Å². The molecule has 1 aliphatic heterocycles. The van der Waals surface area contributed by atoms with Crippen LogP contribution in [0.2, 0.25) is 0 Å². The summed E-state index contributed by atoms with van der Waals surface area (Å²) in [7, 11) is 1.67. The lowest BCUT2D eigenvalue weighted by molar-refractivity contribution is -0.135. The number of benzene rings is 1. The Kier molecular flexibility index (Phi) is 4.29. The summed E-state index contributed by atoms with van der Waals surface area (Å²) in [5.74, 6) is 1.16. The smallest absolute Gasteiger partial charge is 0.233 e. The largest absolute Gasteiger partial charge is 0.377 e. The molecule has 2 aliphatic rings. The molecule has 0 bridgehead atoms. The Bertz CT molecular complexity index is 731. The maximum absolute atomic E-state index is 13.1. The molecule has 1 saturated heterocycles. The van der Waals surface area contributed by atoms with Crippen molar-refractivity contribution in [3.63, 3.8) is 0 Å². The molecule has 2 fully saturated rings. The highest BCUT2D eigenvalue weighted by Crippen LogP contribution is 2.50. The fourth-order valence-corrected chi connectivity index (χ4v) is 3.96. The molecule has 1 aromatic heterocycles. The van der Waals surface area contributed by atoms with Gasteiger partial charge in [0, 0.05) is 26.2 Å². The minimum absolute atomic E-state index is 0.258. The van der Waals surface area contributed by atoms with Crippen LogP contribution < -0.4 is 0 Å². The second-order valence-electron chi connectivity index (χ2n) is 7.06. The van der Waals surface area contributed by atoms with E-state index in [-0.39, 0.29) is 5.41 Å². The molecule has 1 amide bonds. The van der Waals surface area contributed by atoms with E-state index in [9.17, 15) is 4.79 Å². The van der Waals surface area contributed by atoms with E-state index < -0.39 is 0 Å². The van der Waals surface area contributed by atoms with Crippen molar-refractivity contribution in [3.05, 3.63) is 48.0 Å². The van der Waals surface area contributed by atoms with Crippen LogP contribution in [-0.2, 0) is 21.6 Å². The van der Waals surface area contributed by atoms with Crippen molar-refractivity contribution < 1.29 is 9.53 Å². The first-order valence-corrected chi connectivity index (χ1v) is 8.97. The van der Waals surface area contributed by atoms with Crippen molar-refractivity contribution in [2.45, 2.75) is 43.7 Å². The summed E-state index contributed by atoms with van der Waals surface area (Å²) < 4.78 is 7.30. The number of amides is 1. The van der Waals surface area contributed by atoms with Crippen molar-refractivity contribution in [2.24, 2.45) is 0 Å². The molecule has 1 aliphatic carbocycles. The first kappa shape index (κ1) is 16.3. The highest BCUT2D eigenvalue weighted by atomic mass is 16.5. The van der Waals surface area contributed by atoms with Gasteiger partial charge in [0.05, 0.1) is 5.41 Å².